The molecule has 0 spiro atoms. The summed E-state index contributed by atoms with van der Waals surface area (Å²) in [7, 11) is 0. The van der Waals surface area contributed by atoms with E-state index in [0.717, 1.165) is 55.4 Å². The minimum absolute atomic E-state index is 0.0277. The van der Waals surface area contributed by atoms with Gasteiger partial charge in [0.2, 0.25) is 5.91 Å². The zero-order valence-electron chi connectivity index (χ0n) is 16.1. The zero-order chi connectivity index (χ0) is 19.3. The molecule has 0 N–H and O–H groups in total. The maximum absolute atomic E-state index is 13.0. The fourth-order valence-electron chi connectivity index (χ4n) is 3.70. The minimum Gasteiger partial charge on any atom is -0.340 e. The summed E-state index contributed by atoms with van der Waals surface area (Å²) in [5.74, 6) is 0.239. The summed E-state index contributed by atoms with van der Waals surface area (Å²) in [6.07, 6.45) is 0.841. The van der Waals surface area contributed by atoms with Crippen LogP contribution in [0.3, 0.4) is 0 Å². The number of rotatable bonds is 6. The summed E-state index contributed by atoms with van der Waals surface area (Å²) in [5, 5.41) is 5.38. The Morgan fingerprint density at radius 2 is 1.86 bits per heavy atom. The van der Waals surface area contributed by atoms with E-state index in [9.17, 15) is 4.79 Å². The van der Waals surface area contributed by atoms with Gasteiger partial charge in [0.05, 0.1) is 23.0 Å². The number of nitrogens with zero attached hydrogens (tertiary/aromatic N) is 3. The normalized spacial score (nSPS) is 16.2. The van der Waals surface area contributed by atoms with Crippen molar-refractivity contribution in [2.24, 2.45) is 0 Å². The van der Waals surface area contributed by atoms with Gasteiger partial charge in [0.1, 0.15) is 5.01 Å². The molecule has 0 radical (unpaired) electrons. The zero-order valence-corrected chi connectivity index (χ0v) is 17.7. The molecule has 1 aliphatic rings. The second-order valence-electron chi connectivity index (χ2n) is 7.08. The van der Waals surface area contributed by atoms with E-state index < -0.39 is 0 Å². The van der Waals surface area contributed by atoms with E-state index in [1.54, 1.807) is 22.7 Å². The van der Waals surface area contributed by atoms with Crippen molar-refractivity contribution in [3.8, 4) is 10.6 Å². The highest BCUT2D eigenvalue weighted by Gasteiger charge is 2.27. The predicted molar refractivity (Wildman–Crippen MR) is 117 cm³/mol. The Kier molecular flexibility index (Phi) is 6.20. The topological polar surface area (TPSA) is 36.4 Å². The van der Waals surface area contributed by atoms with Crippen LogP contribution in [0.5, 0.6) is 0 Å². The van der Waals surface area contributed by atoms with E-state index in [1.807, 2.05) is 23.1 Å². The molecule has 0 bridgehead atoms. The first kappa shape index (κ1) is 19.3. The van der Waals surface area contributed by atoms with Crippen molar-refractivity contribution in [1.82, 2.24) is 14.8 Å². The monoisotopic (exact) mass is 411 g/mol. The average molecular weight is 412 g/mol. The molecular formula is C22H25N3OS2. The first-order valence-corrected chi connectivity index (χ1v) is 11.5. The highest BCUT2D eigenvalue weighted by molar-refractivity contribution is 7.14. The van der Waals surface area contributed by atoms with Gasteiger partial charge in [-0.2, -0.15) is 0 Å². The number of piperazine rings is 1. The summed E-state index contributed by atoms with van der Waals surface area (Å²) in [5.41, 5.74) is 2.21. The molecular weight excluding hydrogens is 386 g/mol. The molecule has 1 atom stereocenters. The van der Waals surface area contributed by atoms with Gasteiger partial charge in [0.25, 0.3) is 0 Å². The molecule has 1 aliphatic heterocycles. The van der Waals surface area contributed by atoms with E-state index in [4.69, 9.17) is 4.98 Å². The number of thiazole rings is 1. The molecule has 0 saturated carbocycles. The molecule has 1 unspecified atom stereocenters. The number of aromatic nitrogens is 1. The second-order valence-corrected chi connectivity index (χ2v) is 8.97. The van der Waals surface area contributed by atoms with Crippen LogP contribution in [-0.2, 0) is 11.3 Å². The van der Waals surface area contributed by atoms with Crippen LogP contribution < -0.4 is 0 Å². The Balaban J connectivity index is 1.32. The van der Waals surface area contributed by atoms with Crippen molar-refractivity contribution in [3.05, 3.63) is 63.8 Å². The summed E-state index contributed by atoms with van der Waals surface area (Å²) in [6.45, 7) is 6.37. The van der Waals surface area contributed by atoms with E-state index >= 15 is 0 Å². The van der Waals surface area contributed by atoms with Crippen molar-refractivity contribution in [2.45, 2.75) is 25.8 Å². The van der Waals surface area contributed by atoms with Crippen molar-refractivity contribution in [3.63, 3.8) is 0 Å². The van der Waals surface area contributed by atoms with Crippen LogP contribution in [-0.4, -0.2) is 46.9 Å². The van der Waals surface area contributed by atoms with Crippen molar-refractivity contribution in [2.75, 3.05) is 26.2 Å². The molecule has 6 heteroatoms. The predicted octanol–water partition coefficient (Wildman–Crippen LogP) is 4.71. The van der Waals surface area contributed by atoms with Gasteiger partial charge in [0, 0.05) is 31.6 Å². The van der Waals surface area contributed by atoms with Crippen molar-refractivity contribution >= 4 is 28.6 Å². The minimum atomic E-state index is -0.0277. The SMILES string of the molecule is CCC(C(=O)N1CCN(Cc2nc(-c3cccs3)cs2)CC1)c1ccccc1. The number of carbonyl (C=O) groups is 1. The maximum Gasteiger partial charge on any atom is 0.230 e. The molecule has 1 saturated heterocycles. The standard InChI is InChI=1S/C22H25N3OS2/c1-2-18(17-7-4-3-5-8-17)22(26)25-12-10-24(11-13-25)15-21-23-19(16-28-21)20-9-6-14-27-20/h3-9,14,16,18H,2,10-13,15H2,1H3. The molecule has 4 nitrogen and oxygen atoms in total. The quantitative estimate of drug-likeness (QED) is 0.589. The molecule has 3 heterocycles. The van der Waals surface area contributed by atoms with E-state index in [-0.39, 0.29) is 11.8 Å². The fraction of sp³-hybridized carbons (Fsp3) is 0.364. The van der Waals surface area contributed by atoms with Crippen molar-refractivity contribution < 1.29 is 4.79 Å². The first-order chi connectivity index (χ1) is 13.7. The highest BCUT2D eigenvalue weighted by atomic mass is 32.1. The number of hydrogen-bond donors (Lipinski definition) is 0. The van der Waals surface area contributed by atoms with Gasteiger partial charge in [-0.3, -0.25) is 9.69 Å². The molecule has 1 aromatic carbocycles. The van der Waals surface area contributed by atoms with Crippen LogP contribution in [0, 0.1) is 0 Å². The highest BCUT2D eigenvalue weighted by Crippen LogP contribution is 2.27. The number of amides is 1. The Hall–Kier alpha value is -2.02. The Bertz CT molecular complexity index is 884. The Morgan fingerprint density at radius 3 is 2.54 bits per heavy atom. The molecule has 0 aliphatic carbocycles. The Morgan fingerprint density at radius 1 is 1.07 bits per heavy atom. The summed E-state index contributed by atoms with van der Waals surface area (Å²) in [4.78, 5) is 23.5. The van der Waals surface area contributed by atoms with E-state index in [0.29, 0.717) is 0 Å². The molecule has 1 fully saturated rings. The van der Waals surface area contributed by atoms with Crippen LogP contribution in [0.4, 0.5) is 0 Å². The molecule has 2 aromatic heterocycles. The molecule has 28 heavy (non-hydrogen) atoms. The third kappa shape index (κ3) is 4.35. The fourth-order valence-corrected chi connectivity index (χ4v) is 5.29. The summed E-state index contributed by atoms with van der Waals surface area (Å²) >= 11 is 3.46. The van der Waals surface area contributed by atoms with Crippen LogP contribution in [0.1, 0.15) is 29.8 Å². The lowest BCUT2D eigenvalue weighted by atomic mass is 9.95. The number of benzene rings is 1. The van der Waals surface area contributed by atoms with Crippen LogP contribution in [0.2, 0.25) is 0 Å². The number of carbonyl (C=O) groups excluding carboxylic acids is 1. The number of hydrogen-bond acceptors (Lipinski definition) is 5. The van der Waals surface area contributed by atoms with Crippen LogP contribution in [0.25, 0.3) is 10.6 Å². The first-order valence-electron chi connectivity index (χ1n) is 9.79. The van der Waals surface area contributed by atoms with Crippen LogP contribution >= 0.6 is 22.7 Å². The van der Waals surface area contributed by atoms with Gasteiger partial charge < -0.3 is 4.90 Å². The molecule has 4 rings (SSSR count). The summed E-state index contributed by atoms with van der Waals surface area (Å²) in [6, 6.07) is 14.3. The molecule has 146 valence electrons. The second kappa shape index (κ2) is 8.99. The van der Waals surface area contributed by atoms with Crippen LogP contribution in [0.15, 0.2) is 53.2 Å². The van der Waals surface area contributed by atoms with Gasteiger partial charge in [-0.25, -0.2) is 4.98 Å². The lowest BCUT2D eigenvalue weighted by Gasteiger charge is -2.36. The van der Waals surface area contributed by atoms with E-state index in [2.05, 4.69) is 46.8 Å². The van der Waals surface area contributed by atoms with E-state index in [1.165, 1.54) is 4.88 Å². The van der Waals surface area contributed by atoms with Gasteiger partial charge in [-0.15, -0.1) is 22.7 Å². The largest absolute Gasteiger partial charge is 0.340 e. The third-order valence-electron chi connectivity index (χ3n) is 5.28. The lowest BCUT2D eigenvalue weighted by Crippen LogP contribution is -2.49. The third-order valence-corrected chi connectivity index (χ3v) is 7.00. The maximum atomic E-state index is 13.0. The Labute approximate surface area is 174 Å². The molecule has 3 aromatic rings. The van der Waals surface area contributed by atoms with Gasteiger partial charge in [0.15, 0.2) is 0 Å². The van der Waals surface area contributed by atoms with Crippen molar-refractivity contribution in [1.29, 1.82) is 0 Å². The number of thiophene rings is 1. The van der Waals surface area contributed by atoms with Gasteiger partial charge in [-0.05, 0) is 23.4 Å². The smallest absolute Gasteiger partial charge is 0.230 e. The van der Waals surface area contributed by atoms with Gasteiger partial charge in [-0.1, -0.05) is 43.3 Å². The summed E-state index contributed by atoms with van der Waals surface area (Å²) < 4.78 is 0. The molecule has 1 amide bonds. The van der Waals surface area contributed by atoms with Gasteiger partial charge >= 0.3 is 0 Å². The average Bonchev–Trinajstić information content (AvgIpc) is 3.42. The lowest BCUT2D eigenvalue weighted by molar-refractivity contribution is -0.134.